The number of ether oxygens (including phenoxy) is 1. The Bertz CT molecular complexity index is 873. The van der Waals surface area contributed by atoms with E-state index in [2.05, 4.69) is 10.6 Å². The summed E-state index contributed by atoms with van der Waals surface area (Å²) in [4.78, 5) is 36.3. The number of esters is 1. The first-order valence-electron chi connectivity index (χ1n) is 9.05. The molecule has 0 aliphatic carbocycles. The third kappa shape index (κ3) is 7.57. The molecule has 0 bridgehead atoms. The van der Waals surface area contributed by atoms with Crippen molar-refractivity contribution < 1.29 is 23.5 Å². The smallest absolute Gasteiger partial charge is 0.339 e. The van der Waals surface area contributed by atoms with Gasteiger partial charge in [-0.15, -0.1) is 11.8 Å². The van der Waals surface area contributed by atoms with Crippen molar-refractivity contribution in [2.45, 2.75) is 30.5 Å². The Balaban J connectivity index is 1.88. The van der Waals surface area contributed by atoms with Gasteiger partial charge in [0, 0.05) is 16.7 Å². The largest absolute Gasteiger partial charge is 0.452 e. The first-order chi connectivity index (χ1) is 13.9. The van der Waals surface area contributed by atoms with Crippen molar-refractivity contribution in [2.75, 3.05) is 13.2 Å². The molecular weight excluding hydrogens is 395 g/mol. The van der Waals surface area contributed by atoms with E-state index in [4.69, 9.17) is 4.74 Å². The second kappa shape index (κ2) is 11.2. The summed E-state index contributed by atoms with van der Waals surface area (Å²) in [6, 6.07) is 13.2. The van der Waals surface area contributed by atoms with Crippen LogP contribution in [0.2, 0.25) is 0 Å². The quantitative estimate of drug-likeness (QED) is 0.483. The van der Waals surface area contributed by atoms with Crippen molar-refractivity contribution in [3.8, 4) is 0 Å². The molecule has 2 rings (SSSR count). The van der Waals surface area contributed by atoms with Crippen LogP contribution in [0.1, 0.15) is 29.8 Å². The van der Waals surface area contributed by atoms with E-state index >= 15 is 0 Å². The number of hydrogen-bond acceptors (Lipinski definition) is 5. The predicted molar refractivity (Wildman–Crippen MR) is 109 cm³/mol. The maximum atomic E-state index is 13.8. The number of rotatable bonds is 9. The van der Waals surface area contributed by atoms with Gasteiger partial charge >= 0.3 is 5.97 Å². The molecule has 0 unspecified atom stereocenters. The Labute approximate surface area is 173 Å². The number of carbonyl (C=O) groups excluding carboxylic acids is 3. The van der Waals surface area contributed by atoms with Crippen LogP contribution in [-0.2, 0) is 20.1 Å². The van der Waals surface area contributed by atoms with Gasteiger partial charge in [-0.05, 0) is 37.6 Å². The average molecular weight is 418 g/mol. The molecule has 0 aliphatic rings. The first kappa shape index (κ1) is 22.4. The van der Waals surface area contributed by atoms with Crippen LogP contribution in [0.3, 0.4) is 0 Å². The molecule has 0 fully saturated rings. The zero-order chi connectivity index (χ0) is 21.2. The number of benzene rings is 2. The molecule has 0 saturated heterocycles. The average Bonchev–Trinajstić information content (AvgIpc) is 2.69. The van der Waals surface area contributed by atoms with E-state index in [1.54, 1.807) is 42.5 Å². The van der Waals surface area contributed by atoms with Gasteiger partial charge < -0.3 is 15.4 Å². The molecule has 6 nitrogen and oxygen atoms in total. The number of thioether (sulfide) groups is 1. The number of carbonyl (C=O) groups is 3. The summed E-state index contributed by atoms with van der Waals surface area (Å²) in [6.45, 7) is 2.93. The number of halogens is 1. The number of nitrogens with one attached hydrogen (secondary N) is 2. The summed E-state index contributed by atoms with van der Waals surface area (Å²) < 4.78 is 18.8. The highest BCUT2D eigenvalue weighted by Crippen LogP contribution is 2.27. The van der Waals surface area contributed by atoms with E-state index < -0.39 is 18.5 Å². The van der Waals surface area contributed by atoms with Crippen LogP contribution in [0.15, 0.2) is 53.4 Å². The topological polar surface area (TPSA) is 84.5 Å². The highest BCUT2D eigenvalue weighted by Gasteiger charge is 2.15. The Kier molecular flexibility index (Phi) is 8.67. The van der Waals surface area contributed by atoms with E-state index in [1.165, 1.54) is 17.8 Å². The van der Waals surface area contributed by atoms with Crippen LogP contribution in [0.4, 0.5) is 4.39 Å². The minimum absolute atomic E-state index is 0.0319. The molecule has 0 aromatic heterocycles. The van der Waals surface area contributed by atoms with Crippen LogP contribution in [-0.4, -0.2) is 37.0 Å². The minimum Gasteiger partial charge on any atom is -0.452 e. The number of hydrogen-bond donors (Lipinski definition) is 2. The van der Waals surface area contributed by atoms with Crippen molar-refractivity contribution in [1.29, 1.82) is 0 Å². The molecule has 0 atom stereocenters. The Morgan fingerprint density at radius 1 is 1.03 bits per heavy atom. The monoisotopic (exact) mass is 418 g/mol. The third-order valence-electron chi connectivity index (χ3n) is 3.68. The Morgan fingerprint density at radius 2 is 1.72 bits per heavy atom. The zero-order valence-corrected chi connectivity index (χ0v) is 17.1. The normalized spacial score (nSPS) is 10.5. The van der Waals surface area contributed by atoms with Crippen molar-refractivity contribution >= 4 is 29.5 Å². The van der Waals surface area contributed by atoms with E-state index in [0.29, 0.717) is 21.8 Å². The fourth-order valence-electron chi connectivity index (χ4n) is 2.34. The van der Waals surface area contributed by atoms with E-state index in [1.807, 2.05) is 13.8 Å². The zero-order valence-electron chi connectivity index (χ0n) is 16.2. The summed E-state index contributed by atoms with van der Waals surface area (Å²) in [7, 11) is 0. The molecule has 8 heteroatoms. The van der Waals surface area contributed by atoms with Gasteiger partial charge in [0.1, 0.15) is 5.82 Å². The van der Waals surface area contributed by atoms with Crippen LogP contribution in [0.5, 0.6) is 0 Å². The maximum Gasteiger partial charge on any atom is 0.339 e. The lowest BCUT2D eigenvalue weighted by Crippen LogP contribution is -2.41. The molecular formula is C21H23FN2O4S. The molecule has 0 spiro atoms. The van der Waals surface area contributed by atoms with Gasteiger partial charge in [0.05, 0.1) is 12.1 Å². The van der Waals surface area contributed by atoms with Crippen LogP contribution >= 0.6 is 11.8 Å². The first-order valence-corrected chi connectivity index (χ1v) is 10.0. The van der Waals surface area contributed by atoms with Crippen molar-refractivity contribution in [3.63, 3.8) is 0 Å². The Morgan fingerprint density at radius 3 is 2.45 bits per heavy atom. The number of amides is 2. The fourth-order valence-corrected chi connectivity index (χ4v) is 3.37. The lowest BCUT2D eigenvalue weighted by molar-refractivity contribution is -0.128. The van der Waals surface area contributed by atoms with Crippen molar-refractivity contribution in [2.24, 2.45) is 0 Å². The van der Waals surface area contributed by atoms with Gasteiger partial charge in [-0.1, -0.05) is 30.3 Å². The SMILES string of the molecule is CC(C)NC(=O)CNC(=O)COC(=O)c1ccccc1SCc1ccccc1F. The predicted octanol–water partition coefficient (Wildman–Crippen LogP) is 2.92. The van der Waals surface area contributed by atoms with E-state index in [0.717, 1.165) is 0 Å². The maximum absolute atomic E-state index is 13.8. The van der Waals surface area contributed by atoms with Gasteiger partial charge in [0.15, 0.2) is 6.61 Å². The minimum atomic E-state index is -0.664. The van der Waals surface area contributed by atoms with Gasteiger partial charge in [-0.3, -0.25) is 9.59 Å². The summed E-state index contributed by atoms with van der Waals surface area (Å²) >= 11 is 1.30. The Hall–Kier alpha value is -2.87. The highest BCUT2D eigenvalue weighted by atomic mass is 32.2. The molecule has 0 aliphatic heterocycles. The van der Waals surface area contributed by atoms with Crippen LogP contribution < -0.4 is 10.6 Å². The molecule has 2 aromatic carbocycles. The molecule has 2 aromatic rings. The third-order valence-corrected chi connectivity index (χ3v) is 4.80. The molecule has 2 amide bonds. The van der Waals surface area contributed by atoms with Crippen LogP contribution in [0.25, 0.3) is 0 Å². The summed E-state index contributed by atoms with van der Waals surface area (Å²) in [5.74, 6) is -1.52. The van der Waals surface area contributed by atoms with Crippen molar-refractivity contribution in [1.82, 2.24) is 10.6 Å². The summed E-state index contributed by atoms with van der Waals surface area (Å²) in [5, 5.41) is 5.02. The molecule has 29 heavy (non-hydrogen) atoms. The summed E-state index contributed by atoms with van der Waals surface area (Å²) in [6.07, 6.45) is 0. The molecule has 2 N–H and O–H groups in total. The molecule has 0 radical (unpaired) electrons. The fraction of sp³-hybridized carbons (Fsp3) is 0.286. The molecule has 154 valence electrons. The van der Waals surface area contributed by atoms with E-state index in [-0.39, 0.29) is 24.3 Å². The van der Waals surface area contributed by atoms with Crippen LogP contribution in [0, 0.1) is 5.82 Å². The standard InChI is InChI=1S/C21H23FN2O4S/c1-14(2)24-19(25)11-23-20(26)12-28-21(27)16-8-4-6-10-18(16)29-13-15-7-3-5-9-17(15)22/h3-10,14H,11-13H2,1-2H3,(H,23,26)(H,24,25). The summed E-state index contributed by atoms with van der Waals surface area (Å²) in [5.41, 5.74) is 0.818. The van der Waals surface area contributed by atoms with Gasteiger partial charge in [0.2, 0.25) is 5.91 Å². The van der Waals surface area contributed by atoms with Gasteiger partial charge in [-0.25, -0.2) is 9.18 Å². The lowest BCUT2D eigenvalue weighted by atomic mass is 10.2. The van der Waals surface area contributed by atoms with E-state index in [9.17, 15) is 18.8 Å². The van der Waals surface area contributed by atoms with Crippen molar-refractivity contribution in [3.05, 3.63) is 65.5 Å². The second-order valence-electron chi connectivity index (χ2n) is 6.45. The molecule has 0 saturated carbocycles. The molecule has 0 heterocycles. The lowest BCUT2D eigenvalue weighted by Gasteiger charge is -2.11. The van der Waals surface area contributed by atoms with Gasteiger partial charge in [0.25, 0.3) is 5.91 Å². The second-order valence-corrected chi connectivity index (χ2v) is 7.47. The van der Waals surface area contributed by atoms with Gasteiger partial charge in [-0.2, -0.15) is 0 Å². The highest BCUT2D eigenvalue weighted by molar-refractivity contribution is 7.98.